The topological polar surface area (TPSA) is 43.4 Å². The first-order valence-corrected chi connectivity index (χ1v) is 7.27. The van der Waals surface area contributed by atoms with E-state index in [1.54, 1.807) is 6.08 Å². The van der Waals surface area contributed by atoms with Crippen molar-refractivity contribution in [1.29, 1.82) is 0 Å². The zero-order valence-corrected chi connectivity index (χ0v) is 12.6. The lowest BCUT2D eigenvalue weighted by Crippen LogP contribution is -2.26. The van der Waals surface area contributed by atoms with Crippen molar-refractivity contribution in [3.63, 3.8) is 0 Å². The fraction of sp³-hybridized carbons (Fsp3) is 0.750. The third-order valence-corrected chi connectivity index (χ3v) is 3.26. The van der Waals surface area contributed by atoms with Crippen LogP contribution in [0.4, 0.5) is 0 Å². The van der Waals surface area contributed by atoms with Crippen molar-refractivity contribution in [2.24, 2.45) is 5.92 Å². The fourth-order valence-corrected chi connectivity index (χ4v) is 2.37. The molecule has 19 heavy (non-hydrogen) atoms. The maximum atomic E-state index is 11.9. The second-order valence-corrected chi connectivity index (χ2v) is 6.32. The molecular weight excluding hydrogens is 240 g/mol. The van der Waals surface area contributed by atoms with Gasteiger partial charge in [0.2, 0.25) is 0 Å². The number of carbonyl (C=O) groups is 2. The SMILES string of the molecule is CCCCC1=CC(=O)CCC1CC(=O)OC(C)(C)C. The minimum Gasteiger partial charge on any atom is -0.460 e. The minimum absolute atomic E-state index is 0.158. The Morgan fingerprint density at radius 2 is 2.11 bits per heavy atom. The van der Waals surface area contributed by atoms with Gasteiger partial charge in [0.05, 0.1) is 6.42 Å². The van der Waals surface area contributed by atoms with E-state index in [-0.39, 0.29) is 17.7 Å². The van der Waals surface area contributed by atoms with Gasteiger partial charge >= 0.3 is 5.97 Å². The van der Waals surface area contributed by atoms with Crippen molar-refractivity contribution < 1.29 is 14.3 Å². The summed E-state index contributed by atoms with van der Waals surface area (Å²) in [6.07, 6.45) is 6.61. The number of ether oxygens (including phenoxy) is 1. The van der Waals surface area contributed by atoms with Gasteiger partial charge in [-0.3, -0.25) is 9.59 Å². The Bertz CT molecular complexity index is 361. The van der Waals surface area contributed by atoms with Crippen LogP contribution in [0.1, 0.15) is 66.2 Å². The maximum Gasteiger partial charge on any atom is 0.306 e. The molecule has 1 aliphatic rings. The van der Waals surface area contributed by atoms with Crippen molar-refractivity contribution in [2.45, 2.75) is 71.8 Å². The molecule has 1 aliphatic carbocycles. The number of carbonyl (C=O) groups excluding carboxylic acids is 2. The molecule has 0 heterocycles. The lowest BCUT2D eigenvalue weighted by Gasteiger charge is -2.25. The average molecular weight is 266 g/mol. The van der Waals surface area contributed by atoms with E-state index in [0.717, 1.165) is 31.3 Å². The van der Waals surface area contributed by atoms with Crippen molar-refractivity contribution in [3.8, 4) is 0 Å². The van der Waals surface area contributed by atoms with Crippen LogP contribution in [0.2, 0.25) is 0 Å². The first kappa shape index (κ1) is 15.9. The highest BCUT2D eigenvalue weighted by molar-refractivity contribution is 5.91. The van der Waals surface area contributed by atoms with Gasteiger partial charge in [0.15, 0.2) is 5.78 Å². The van der Waals surface area contributed by atoms with Crippen LogP contribution in [0, 0.1) is 5.92 Å². The van der Waals surface area contributed by atoms with Crippen LogP contribution >= 0.6 is 0 Å². The molecule has 0 radical (unpaired) electrons. The Morgan fingerprint density at radius 1 is 1.42 bits per heavy atom. The number of allylic oxidation sites excluding steroid dienone is 2. The largest absolute Gasteiger partial charge is 0.460 e. The number of esters is 1. The smallest absolute Gasteiger partial charge is 0.306 e. The molecule has 0 aromatic rings. The Morgan fingerprint density at radius 3 is 2.68 bits per heavy atom. The number of hydrogen-bond donors (Lipinski definition) is 0. The van der Waals surface area contributed by atoms with Gasteiger partial charge in [0.25, 0.3) is 0 Å². The van der Waals surface area contributed by atoms with Gasteiger partial charge in [-0.1, -0.05) is 18.9 Å². The molecule has 0 bridgehead atoms. The Hall–Kier alpha value is -1.12. The quantitative estimate of drug-likeness (QED) is 0.711. The van der Waals surface area contributed by atoms with E-state index < -0.39 is 5.60 Å². The third kappa shape index (κ3) is 6.04. The first-order chi connectivity index (χ1) is 8.81. The van der Waals surface area contributed by atoms with Gasteiger partial charge in [-0.05, 0) is 52.0 Å². The summed E-state index contributed by atoms with van der Waals surface area (Å²) in [6.45, 7) is 7.77. The van der Waals surface area contributed by atoms with Gasteiger partial charge < -0.3 is 4.74 Å². The second-order valence-electron chi connectivity index (χ2n) is 6.32. The number of hydrogen-bond acceptors (Lipinski definition) is 3. The summed E-state index contributed by atoms with van der Waals surface area (Å²) in [4.78, 5) is 23.4. The zero-order valence-electron chi connectivity index (χ0n) is 12.6. The van der Waals surface area contributed by atoms with Gasteiger partial charge in [-0.25, -0.2) is 0 Å². The summed E-state index contributed by atoms with van der Waals surface area (Å²) in [6, 6.07) is 0. The first-order valence-electron chi connectivity index (χ1n) is 7.27. The molecule has 0 N–H and O–H groups in total. The van der Waals surface area contributed by atoms with Crippen LogP contribution in [0.3, 0.4) is 0 Å². The lowest BCUT2D eigenvalue weighted by atomic mass is 9.82. The van der Waals surface area contributed by atoms with E-state index in [1.807, 2.05) is 20.8 Å². The predicted molar refractivity (Wildman–Crippen MR) is 75.8 cm³/mol. The molecule has 0 aliphatic heterocycles. The fourth-order valence-electron chi connectivity index (χ4n) is 2.37. The summed E-state index contributed by atoms with van der Waals surface area (Å²) < 4.78 is 5.37. The summed E-state index contributed by atoms with van der Waals surface area (Å²) in [7, 11) is 0. The highest BCUT2D eigenvalue weighted by Crippen LogP contribution is 2.30. The van der Waals surface area contributed by atoms with Gasteiger partial charge in [-0.15, -0.1) is 0 Å². The number of unbranched alkanes of at least 4 members (excludes halogenated alkanes) is 1. The average Bonchev–Trinajstić information content (AvgIpc) is 2.27. The summed E-state index contributed by atoms with van der Waals surface area (Å²) in [5.74, 6) is 0.236. The summed E-state index contributed by atoms with van der Waals surface area (Å²) in [5, 5.41) is 0. The van der Waals surface area contributed by atoms with Crippen LogP contribution < -0.4 is 0 Å². The van der Waals surface area contributed by atoms with Gasteiger partial charge in [0.1, 0.15) is 5.60 Å². The van der Waals surface area contributed by atoms with Crippen molar-refractivity contribution >= 4 is 11.8 Å². The monoisotopic (exact) mass is 266 g/mol. The molecule has 0 aromatic heterocycles. The maximum absolute atomic E-state index is 11.9. The predicted octanol–water partition coefficient (Wildman–Crippen LogP) is 3.81. The summed E-state index contributed by atoms with van der Waals surface area (Å²) >= 11 is 0. The van der Waals surface area contributed by atoms with E-state index in [0.29, 0.717) is 12.8 Å². The molecule has 1 rings (SSSR count). The number of rotatable bonds is 5. The van der Waals surface area contributed by atoms with Crippen LogP contribution in [0.15, 0.2) is 11.6 Å². The van der Waals surface area contributed by atoms with Crippen LogP contribution in [-0.4, -0.2) is 17.4 Å². The molecule has 0 aromatic carbocycles. The number of ketones is 1. The van der Waals surface area contributed by atoms with Crippen LogP contribution in [-0.2, 0) is 14.3 Å². The molecule has 108 valence electrons. The molecule has 1 unspecified atom stereocenters. The Balaban J connectivity index is 2.62. The van der Waals surface area contributed by atoms with Crippen molar-refractivity contribution in [1.82, 2.24) is 0 Å². The highest BCUT2D eigenvalue weighted by Gasteiger charge is 2.26. The Labute approximate surface area is 116 Å². The van der Waals surface area contributed by atoms with E-state index in [4.69, 9.17) is 4.74 Å². The zero-order chi connectivity index (χ0) is 14.5. The molecule has 1 atom stereocenters. The normalized spacial score (nSPS) is 20.1. The molecule has 0 spiro atoms. The minimum atomic E-state index is -0.436. The van der Waals surface area contributed by atoms with E-state index in [9.17, 15) is 9.59 Å². The molecule has 3 heteroatoms. The second kappa shape index (κ2) is 6.88. The van der Waals surface area contributed by atoms with Crippen LogP contribution in [0.25, 0.3) is 0 Å². The van der Waals surface area contributed by atoms with Gasteiger partial charge in [-0.2, -0.15) is 0 Å². The standard InChI is InChI=1S/C16H26O3/c1-5-6-7-12-10-14(17)9-8-13(12)11-15(18)19-16(2,3)4/h10,13H,5-9,11H2,1-4H3. The molecule has 0 saturated carbocycles. The highest BCUT2D eigenvalue weighted by atomic mass is 16.6. The molecular formula is C16H26O3. The van der Waals surface area contributed by atoms with Crippen molar-refractivity contribution in [3.05, 3.63) is 11.6 Å². The Kier molecular flexibility index (Phi) is 5.77. The molecule has 3 nitrogen and oxygen atoms in total. The molecule has 0 amide bonds. The van der Waals surface area contributed by atoms with E-state index >= 15 is 0 Å². The molecule has 0 fully saturated rings. The van der Waals surface area contributed by atoms with Gasteiger partial charge in [0, 0.05) is 6.42 Å². The molecule has 0 saturated heterocycles. The third-order valence-electron chi connectivity index (χ3n) is 3.26. The summed E-state index contributed by atoms with van der Waals surface area (Å²) in [5.41, 5.74) is 0.707. The van der Waals surface area contributed by atoms with Crippen LogP contribution in [0.5, 0.6) is 0 Å². The van der Waals surface area contributed by atoms with Crippen molar-refractivity contribution in [2.75, 3.05) is 0 Å². The van der Waals surface area contributed by atoms with E-state index in [1.165, 1.54) is 0 Å². The lowest BCUT2D eigenvalue weighted by molar-refractivity contribution is -0.155. The van der Waals surface area contributed by atoms with E-state index in [2.05, 4.69) is 6.92 Å².